The zero-order valence-electron chi connectivity index (χ0n) is 13.6. The lowest BCUT2D eigenvalue weighted by atomic mass is 10.2. The Morgan fingerprint density at radius 1 is 1.43 bits per heavy atom. The second-order valence-corrected chi connectivity index (χ2v) is 7.02. The molecule has 1 aliphatic rings. The minimum Gasteiger partial charge on any atom is -0.444 e. The van der Waals surface area contributed by atoms with Gasteiger partial charge in [0.05, 0.1) is 16.6 Å². The van der Waals surface area contributed by atoms with Crippen LogP contribution < -0.4 is 10.6 Å². The van der Waals surface area contributed by atoms with Crippen LogP contribution in [0.5, 0.6) is 0 Å². The number of thiophene rings is 1. The van der Waals surface area contributed by atoms with Gasteiger partial charge >= 0.3 is 6.09 Å². The van der Waals surface area contributed by atoms with Gasteiger partial charge < -0.3 is 20.2 Å². The number of hydrogen-bond donors (Lipinski definition) is 2. The Morgan fingerprint density at radius 2 is 2.17 bits per heavy atom. The number of alkyl carbamates (subject to hydrolysis) is 1. The van der Waals surface area contributed by atoms with E-state index in [4.69, 9.17) is 9.57 Å². The topological polar surface area (TPSA) is 89.0 Å². The van der Waals surface area contributed by atoms with Crippen molar-refractivity contribution in [3.05, 3.63) is 21.9 Å². The van der Waals surface area contributed by atoms with Gasteiger partial charge in [-0.05, 0) is 37.8 Å². The summed E-state index contributed by atoms with van der Waals surface area (Å²) >= 11 is 1.56. The highest BCUT2D eigenvalue weighted by molar-refractivity contribution is 7.12. The summed E-state index contributed by atoms with van der Waals surface area (Å²) in [6, 6.07) is 1.81. The fourth-order valence-electron chi connectivity index (χ4n) is 2.25. The quantitative estimate of drug-likeness (QED) is 0.823. The normalized spacial score (nSPS) is 18.4. The minimum atomic E-state index is -0.614. The number of carbonyl (C=O) groups is 2. The van der Waals surface area contributed by atoms with Crippen molar-refractivity contribution in [1.82, 2.24) is 10.6 Å². The molecule has 2 N–H and O–H groups in total. The highest BCUT2D eigenvalue weighted by Crippen LogP contribution is 2.35. The SMILES string of the molecule is CO/N=C1/C[C@@H](NC(=O)CNC(=O)OC(C)(C)C)c2ccsc21. The lowest BCUT2D eigenvalue weighted by molar-refractivity contribution is -0.121. The molecule has 8 heteroatoms. The zero-order chi connectivity index (χ0) is 17.0. The van der Waals surface area contributed by atoms with Crippen LogP contribution in [0.3, 0.4) is 0 Å². The predicted octanol–water partition coefficient (Wildman–Crippen LogP) is 2.18. The summed E-state index contributed by atoms with van der Waals surface area (Å²) < 4.78 is 5.09. The summed E-state index contributed by atoms with van der Waals surface area (Å²) in [4.78, 5) is 29.4. The maximum absolute atomic E-state index is 12.0. The highest BCUT2D eigenvalue weighted by Gasteiger charge is 2.30. The van der Waals surface area contributed by atoms with Gasteiger partial charge in [0.2, 0.25) is 5.91 Å². The van der Waals surface area contributed by atoms with Crippen LogP contribution in [0.1, 0.15) is 43.7 Å². The molecule has 1 aliphatic carbocycles. The van der Waals surface area contributed by atoms with Crippen LogP contribution in [0.4, 0.5) is 4.79 Å². The lowest BCUT2D eigenvalue weighted by Gasteiger charge is -2.20. The Hall–Kier alpha value is -2.09. The molecule has 1 heterocycles. The molecule has 1 aromatic rings. The summed E-state index contributed by atoms with van der Waals surface area (Å²) in [7, 11) is 1.50. The van der Waals surface area contributed by atoms with Gasteiger partial charge in [0, 0.05) is 6.42 Å². The van der Waals surface area contributed by atoms with Gasteiger partial charge in [-0.15, -0.1) is 11.3 Å². The fraction of sp³-hybridized carbons (Fsp3) is 0.533. The molecule has 23 heavy (non-hydrogen) atoms. The van der Waals surface area contributed by atoms with Crippen molar-refractivity contribution in [3.8, 4) is 0 Å². The van der Waals surface area contributed by atoms with E-state index in [1.54, 1.807) is 32.1 Å². The molecule has 0 saturated heterocycles. The van der Waals surface area contributed by atoms with Crippen molar-refractivity contribution in [1.29, 1.82) is 0 Å². The van der Waals surface area contributed by atoms with Gasteiger partial charge in [-0.25, -0.2) is 4.79 Å². The molecule has 1 atom stereocenters. The molecule has 0 aliphatic heterocycles. The molecular weight excluding hydrogens is 318 g/mol. The number of oxime groups is 1. The summed E-state index contributed by atoms with van der Waals surface area (Å²) in [5.41, 5.74) is 1.25. The van der Waals surface area contributed by atoms with Crippen LogP contribution in [0.2, 0.25) is 0 Å². The third-order valence-electron chi connectivity index (χ3n) is 3.06. The summed E-state index contributed by atoms with van der Waals surface area (Å²) in [6.07, 6.45) is -0.0365. The number of amides is 2. The molecule has 0 saturated carbocycles. The monoisotopic (exact) mass is 339 g/mol. The zero-order valence-corrected chi connectivity index (χ0v) is 14.5. The number of rotatable bonds is 4. The Balaban J connectivity index is 1.87. The van der Waals surface area contributed by atoms with Gasteiger partial charge in [0.15, 0.2) is 0 Å². The number of hydrogen-bond acceptors (Lipinski definition) is 6. The van der Waals surface area contributed by atoms with Crippen molar-refractivity contribution in [2.75, 3.05) is 13.7 Å². The van der Waals surface area contributed by atoms with Crippen molar-refractivity contribution >= 4 is 29.0 Å². The highest BCUT2D eigenvalue weighted by atomic mass is 32.1. The van der Waals surface area contributed by atoms with E-state index in [0.717, 1.165) is 16.2 Å². The van der Waals surface area contributed by atoms with Crippen molar-refractivity contribution in [2.24, 2.45) is 5.16 Å². The van der Waals surface area contributed by atoms with E-state index < -0.39 is 11.7 Å². The van der Waals surface area contributed by atoms with Gasteiger partial charge in [-0.3, -0.25) is 4.79 Å². The van der Waals surface area contributed by atoms with E-state index in [9.17, 15) is 9.59 Å². The van der Waals surface area contributed by atoms with E-state index >= 15 is 0 Å². The minimum absolute atomic E-state index is 0.137. The number of ether oxygens (including phenoxy) is 1. The molecule has 0 aromatic carbocycles. The summed E-state index contributed by atoms with van der Waals surface area (Å²) in [5, 5.41) is 11.3. The molecular formula is C15H21N3O4S. The first kappa shape index (κ1) is 17.3. The Kier molecular flexibility index (Phi) is 5.25. The maximum atomic E-state index is 12.0. The molecule has 0 spiro atoms. The lowest BCUT2D eigenvalue weighted by Crippen LogP contribution is -2.40. The molecule has 7 nitrogen and oxygen atoms in total. The van der Waals surface area contributed by atoms with Gasteiger partial charge in [0.25, 0.3) is 0 Å². The number of nitrogens with zero attached hydrogens (tertiary/aromatic N) is 1. The predicted molar refractivity (Wildman–Crippen MR) is 87.6 cm³/mol. The molecule has 0 fully saturated rings. The van der Waals surface area contributed by atoms with Crippen molar-refractivity contribution < 1.29 is 19.2 Å². The Labute approximate surface area is 139 Å². The van der Waals surface area contributed by atoms with Crippen LogP contribution in [0.25, 0.3) is 0 Å². The van der Waals surface area contributed by atoms with E-state index in [2.05, 4.69) is 15.8 Å². The molecule has 0 radical (unpaired) electrons. The van der Waals surface area contributed by atoms with Crippen LogP contribution >= 0.6 is 11.3 Å². The molecule has 0 unspecified atom stereocenters. The molecule has 0 bridgehead atoms. The number of fused-ring (bicyclic) bond motifs is 1. The number of carbonyl (C=O) groups excluding carboxylic acids is 2. The molecule has 2 rings (SSSR count). The Bertz CT molecular complexity index is 618. The van der Waals surface area contributed by atoms with Crippen LogP contribution in [0.15, 0.2) is 16.6 Å². The second kappa shape index (κ2) is 6.99. The number of nitrogens with one attached hydrogen (secondary N) is 2. The molecule has 2 amide bonds. The Morgan fingerprint density at radius 3 is 2.83 bits per heavy atom. The average molecular weight is 339 g/mol. The van der Waals surface area contributed by atoms with Crippen molar-refractivity contribution in [2.45, 2.75) is 38.8 Å². The first-order chi connectivity index (χ1) is 10.8. The summed E-state index contributed by atoms with van der Waals surface area (Å²) in [6.45, 7) is 5.15. The largest absolute Gasteiger partial charge is 0.444 e. The summed E-state index contributed by atoms with van der Waals surface area (Å²) in [5.74, 6) is -0.281. The van der Waals surface area contributed by atoms with E-state index in [-0.39, 0.29) is 18.5 Å². The standard InChI is InChI=1S/C15H21N3O4S/c1-15(2,3)22-14(20)16-8-12(19)17-10-7-11(18-21-4)13-9(10)5-6-23-13/h5-6,10H,7-8H2,1-4H3,(H,16,20)(H,17,19)/b18-11-/t10-/m1/s1. The van der Waals surface area contributed by atoms with Gasteiger partial charge in [0.1, 0.15) is 19.3 Å². The molecule has 126 valence electrons. The van der Waals surface area contributed by atoms with Crippen LogP contribution in [-0.4, -0.2) is 37.0 Å². The molecule has 1 aromatic heterocycles. The first-order valence-corrected chi connectivity index (χ1v) is 8.12. The average Bonchev–Trinajstić information content (AvgIpc) is 3.00. The fourth-order valence-corrected chi connectivity index (χ4v) is 3.21. The third kappa shape index (κ3) is 4.69. The van der Waals surface area contributed by atoms with E-state index in [0.29, 0.717) is 6.42 Å². The van der Waals surface area contributed by atoms with Crippen molar-refractivity contribution in [3.63, 3.8) is 0 Å². The van der Waals surface area contributed by atoms with E-state index in [1.165, 1.54) is 7.11 Å². The van der Waals surface area contributed by atoms with Crippen LogP contribution in [0, 0.1) is 0 Å². The van der Waals surface area contributed by atoms with Gasteiger partial charge in [-0.1, -0.05) is 5.16 Å². The second-order valence-electron chi connectivity index (χ2n) is 6.11. The van der Waals surface area contributed by atoms with Crippen LogP contribution in [-0.2, 0) is 14.4 Å². The first-order valence-electron chi connectivity index (χ1n) is 7.24. The smallest absolute Gasteiger partial charge is 0.408 e. The maximum Gasteiger partial charge on any atom is 0.408 e. The third-order valence-corrected chi connectivity index (χ3v) is 4.04. The van der Waals surface area contributed by atoms with E-state index in [1.807, 2.05) is 11.4 Å². The van der Waals surface area contributed by atoms with Gasteiger partial charge in [-0.2, -0.15) is 0 Å².